The summed E-state index contributed by atoms with van der Waals surface area (Å²) in [4.78, 5) is 11.0. The molecule has 0 fully saturated rings. The van der Waals surface area contributed by atoms with Gasteiger partial charge in [0.25, 0.3) is 0 Å². The summed E-state index contributed by atoms with van der Waals surface area (Å²) in [5.41, 5.74) is 1.98. The van der Waals surface area contributed by atoms with Gasteiger partial charge >= 0.3 is 5.97 Å². The molecule has 0 heterocycles. The molecule has 4 heteroatoms. The largest absolute Gasteiger partial charge is 0.478 e. The highest BCUT2D eigenvalue weighted by Crippen LogP contribution is 2.20. The molecule has 0 radical (unpaired) electrons. The highest BCUT2D eigenvalue weighted by atomic mass is 16.5. The highest BCUT2D eigenvalue weighted by molar-refractivity contribution is 5.91. The lowest BCUT2D eigenvalue weighted by Gasteiger charge is -2.17. The Balaban J connectivity index is 2.77. The van der Waals surface area contributed by atoms with Gasteiger partial charge in [-0.3, -0.25) is 0 Å². The first-order valence-electron chi connectivity index (χ1n) is 5.64. The van der Waals surface area contributed by atoms with Crippen molar-refractivity contribution in [3.63, 3.8) is 0 Å². The first-order chi connectivity index (χ1) is 8.06. The van der Waals surface area contributed by atoms with Gasteiger partial charge in [0.1, 0.15) is 0 Å². The molecule has 1 aromatic rings. The van der Waals surface area contributed by atoms with Gasteiger partial charge in [0, 0.05) is 25.4 Å². The van der Waals surface area contributed by atoms with Crippen molar-refractivity contribution < 1.29 is 14.6 Å². The van der Waals surface area contributed by atoms with Gasteiger partial charge in [-0.15, -0.1) is 0 Å². The van der Waals surface area contributed by atoms with Crippen molar-refractivity contribution in [2.24, 2.45) is 0 Å². The smallest absolute Gasteiger partial charge is 0.336 e. The van der Waals surface area contributed by atoms with E-state index in [9.17, 15) is 4.79 Å². The van der Waals surface area contributed by atoms with Crippen LogP contribution < -0.4 is 5.32 Å². The van der Waals surface area contributed by atoms with Crippen LogP contribution in [0.2, 0.25) is 0 Å². The minimum atomic E-state index is -0.893. The van der Waals surface area contributed by atoms with Crippen LogP contribution in [0.3, 0.4) is 0 Å². The Kier molecular flexibility index (Phi) is 4.97. The van der Waals surface area contributed by atoms with Crippen LogP contribution in [0.5, 0.6) is 0 Å². The van der Waals surface area contributed by atoms with Gasteiger partial charge in [-0.05, 0) is 38.0 Å². The summed E-state index contributed by atoms with van der Waals surface area (Å²) in [6.45, 7) is 4.55. The molecule has 94 valence electrons. The number of carbonyl (C=O) groups is 1. The van der Waals surface area contributed by atoms with E-state index in [1.165, 1.54) is 0 Å². The van der Waals surface area contributed by atoms with Crippen LogP contribution >= 0.6 is 0 Å². The molecule has 1 rings (SSSR count). The van der Waals surface area contributed by atoms with E-state index in [0.717, 1.165) is 17.7 Å². The quantitative estimate of drug-likeness (QED) is 0.798. The molecule has 0 bridgehead atoms. The molecule has 0 amide bonds. The maximum Gasteiger partial charge on any atom is 0.336 e. The molecular formula is C13H19NO3. The number of carboxylic acids is 1. The second-order valence-electron chi connectivity index (χ2n) is 4.11. The Morgan fingerprint density at radius 1 is 1.53 bits per heavy atom. The molecule has 1 aromatic carbocycles. The molecule has 1 unspecified atom stereocenters. The van der Waals surface area contributed by atoms with E-state index in [0.29, 0.717) is 12.2 Å². The van der Waals surface area contributed by atoms with Gasteiger partial charge in [0.2, 0.25) is 0 Å². The third kappa shape index (κ3) is 3.75. The second-order valence-corrected chi connectivity index (χ2v) is 4.11. The molecule has 0 aliphatic carbocycles. The van der Waals surface area contributed by atoms with E-state index in [2.05, 4.69) is 5.32 Å². The van der Waals surface area contributed by atoms with Crippen molar-refractivity contribution >= 4 is 11.7 Å². The van der Waals surface area contributed by atoms with Crippen molar-refractivity contribution in [1.29, 1.82) is 0 Å². The Morgan fingerprint density at radius 3 is 2.82 bits per heavy atom. The number of hydrogen-bond donors (Lipinski definition) is 2. The zero-order valence-electron chi connectivity index (χ0n) is 10.5. The van der Waals surface area contributed by atoms with Gasteiger partial charge in [0.15, 0.2) is 0 Å². The predicted octanol–water partition coefficient (Wildman–Crippen LogP) is 2.53. The molecule has 0 saturated heterocycles. The standard InChI is InChI=1S/C13H19NO3/c1-9(7-8-17-3)14-12-6-4-5-11(10(12)2)13(15)16/h4-6,9,14H,7-8H2,1-3H3,(H,15,16). The van der Waals surface area contributed by atoms with E-state index in [4.69, 9.17) is 9.84 Å². The van der Waals surface area contributed by atoms with Crippen molar-refractivity contribution in [2.75, 3.05) is 19.0 Å². The Morgan fingerprint density at radius 2 is 2.24 bits per heavy atom. The second kappa shape index (κ2) is 6.25. The normalized spacial score (nSPS) is 12.2. The topological polar surface area (TPSA) is 58.6 Å². The maximum absolute atomic E-state index is 11.0. The summed E-state index contributed by atoms with van der Waals surface area (Å²) in [6.07, 6.45) is 0.882. The summed E-state index contributed by atoms with van der Waals surface area (Å²) < 4.78 is 5.01. The van der Waals surface area contributed by atoms with Crippen molar-refractivity contribution in [3.05, 3.63) is 29.3 Å². The number of carboxylic acid groups (broad SMARTS) is 1. The van der Waals surface area contributed by atoms with Gasteiger partial charge in [-0.25, -0.2) is 4.79 Å². The number of rotatable bonds is 6. The monoisotopic (exact) mass is 237 g/mol. The number of hydrogen-bond acceptors (Lipinski definition) is 3. The van der Waals surface area contributed by atoms with E-state index in [-0.39, 0.29) is 6.04 Å². The van der Waals surface area contributed by atoms with Crippen LogP contribution in [0.4, 0.5) is 5.69 Å². The summed E-state index contributed by atoms with van der Waals surface area (Å²) >= 11 is 0. The fourth-order valence-corrected chi connectivity index (χ4v) is 1.66. The number of benzene rings is 1. The van der Waals surface area contributed by atoms with Crippen LogP contribution in [-0.2, 0) is 4.74 Å². The summed E-state index contributed by atoms with van der Waals surface area (Å²) in [5, 5.41) is 12.3. The minimum absolute atomic E-state index is 0.248. The molecule has 0 aliphatic rings. The van der Waals surface area contributed by atoms with E-state index in [1.807, 2.05) is 19.9 Å². The number of nitrogens with one attached hydrogen (secondary N) is 1. The van der Waals surface area contributed by atoms with Crippen LogP contribution in [0, 0.1) is 6.92 Å². The SMILES string of the molecule is COCCC(C)Nc1cccc(C(=O)O)c1C. The summed E-state index contributed by atoms with van der Waals surface area (Å²) in [6, 6.07) is 5.51. The molecular weight excluding hydrogens is 218 g/mol. The predicted molar refractivity (Wildman–Crippen MR) is 67.7 cm³/mol. The van der Waals surface area contributed by atoms with Crippen molar-refractivity contribution in [3.8, 4) is 0 Å². The van der Waals surface area contributed by atoms with Gasteiger partial charge in [-0.1, -0.05) is 6.07 Å². The zero-order valence-corrected chi connectivity index (χ0v) is 10.5. The Hall–Kier alpha value is -1.55. The number of aromatic carboxylic acids is 1. The van der Waals surface area contributed by atoms with Gasteiger partial charge < -0.3 is 15.2 Å². The number of anilines is 1. The van der Waals surface area contributed by atoms with Crippen LogP contribution in [0.25, 0.3) is 0 Å². The first kappa shape index (κ1) is 13.5. The van der Waals surface area contributed by atoms with Crippen molar-refractivity contribution in [1.82, 2.24) is 0 Å². The lowest BCUT2D eigenvalue weighted by Crippen LogP contribution is -2.18. The fourth-order valence-electron chi connectivity index (χ4n) is 1.66. The lowest BCUT2D eigenvalue weighted by atomic mass is 10.1. The molecule has 0 spiro atoms. The number of methoxy groups -OCH3 is 1. The third-order valence-corrected chi connectivity index (χ3v) is 2.72. The minimum Gasteiger partial charge on any atom is -0.478 e. The lowest BCUT2D eigenvalue weighted by molar-refractivity contribution is 0.0696. The molecule has 1 atom stereocenters. The van der Waals surface area contributed by atoms with Crippen LogP contribution in [-0.4, -0.2) is 30.8 Å². The van der Waals surface area contributed by atoms with Gasteiger partial charge in [0.05, 0.1) is 5.56 Å². The van der Waals surface area contributed by atoms with Gasteiger partial charge in [-0.2, -0.15) is 0 Å². The molecule has 0 saturated carbocycles. The number of ether oxygens (including phenoxy) is 1. The molecule has 0 aliphatic heterocycles. The van der Waals surface area contributed by atoms with Crippen molar-refractivity contribution in [2.45, 2.75) is 26.3 Å². The summed E-state index contributed by atoms with van der Waals surface area (Å²) in [5.74, 6) is -0.893. The Labute approximate surface area is 102 Å². The average molecular weight is 237 g/mol. The van der Waals surface area contributed by atoms with Crippen LogP contribution in [0.1, 0.15) is 29.3 Å². The molecule has 0 aromatic heterocycles. The molecule has 17 heavy (non-hydrogen) atoms. The zero-order chi connectivity index (χ0) is 12.8. The first-order valence-corrected chi connectivity index (χ1v) is 5.64. The van der Waals surface area contributed by atoms with E-state index < -0.39 is 5.97 Å². The van der Waals surface area contributed by atoms with Crippen LogP contribution in [0.15, 0.2) is 18.2 Å². The molecule has 4 nitrogen and oxygen atoms in total. The van der Waals surface area contributed by atoms with E-state index >= 15 is 0 Å². The molecule has 2 N–H and O–H groups in total. The Bertz CT molecular complexity index is 390. The summed E-state index contributed by atoms with van der Waals surface area (Å²) in [7, 11) is 1.67. The van der Waals surface area contributed by atoms with E-state index in [1.54, 1.807) is 19.2 Å². The fraction of sp³-hybridized carbons (Fsp3) is 0.462. The average Bonchev–Trinajstić information content (AvgIpc) is 2.28. The maximum atomic E-state index is 11.0. The third-order valence-electron chi connectivity index (χ3n) is 2.72. The highest BCUT2D eigenvalue weighted by Gasteiger charge is 2.11.